The summed E-state index contributed by atoms with van der Waals surface area (Å²) in [6.07, 6.45) is 0. The molecule has 2 aromatic rings. The first-order chi connectivity index (χ1) is 11.5. The molecule has 2 N–H and O–H groups in total. The van der Waals surface area contributed by atoms with Gasteiger partial charge in [-0.05, 0) is 57.2 Å². The summed E-state index contributed by atoms with van der Waals surface area (Å²) in [5.74, 6) is -0.420. The SMILES string of the molecule is CC(C)(C)NS(=O)(=O)c1ccc(C(=O)Nc2cccc(Cl)c2Cl)cc1. The predicted molar refractivity (Wildman–Crippen MR) is 101 cm³/mol. The molecule has 0 atom stereocenters. The summed E-state index contributed by atoms with van der Waals surface area (Å²) >= 11 is 11.9. The molecular weight excluding hydrogens is 383 g/mol. The molecule has 0 saturated heterocycles. The molecule has 2 aromatic carbocycles. The molecule has 1 amide bonds. The van der Waals surface area contributed by atoms with E-state index in [2.05, 4.69) is 10.0 Å². The standard InChI is InChI=1S/C17H18Cl2N2O3S/c1-17(2,3)21-25(23,24)12-9-7-11(8-10-12)16(22)20-14-6-4-5-13(18)15(14)19/h4-10,21H,1-3H3,(H,20,22). The molecule has 0 saturated carbocycles. The minimum absolute atomic E-state index is 0.0831. The highest BCUT2D eigenvalue weighted by atomic mass is 35.5. The first kappa shape index (κ1) is 19.7. The van der Waals surface area contributed by atoms with Crippen LogP contribution in [0.5, 0.6) is 0 Å². The minimum atomic E-state index is -3.65. The number of carbonyl (C=O) groups is 1. The van der Waals surface area contributed by atoms with Crippen molar-refractivity contribution in [1.29, 1.82) is 0 Å². The Morgan fingerprint density at radius 2 is 1.60 bits per heavy atom. The van der Waals surface area contributed by atoms with Crippen LogP contribution in [0.25, 0.3) is 0 Å². The van der Waals surface area contributed by atoms with Gasteiger partial charge < -0.3 is 5.32 Å². The molecule has 25 heavy (non-hydrogen) atoms. The van der Waals surface area contributed by atoms with Gasteiger partial charge >= 0.3 is 0 Å². The second-order valence-corrected chi connectivity index (χ2v) is 8.90. The average Bonchev–Trinajstić information content (AvgIpc) is 2.49. The van der Waals surface area contributed by atoms with Gasteiger partial charge in [0, 0.05) is 11.1 Å². The first-order valence-electron chi connectivity index (χ1n) is 7.39. The van der Waals surface area contributed by atoms with E-state index in [0.717, 1.165) is 0 Å². The monoisotopic (exact) mass is 400 g/mol. The maximum Gasteiger partial charge on any atom is 0.255 e. The number of hydrogen-bond acceptors (Lipinski definition) is 3. The predicted octanol–water partition coefficient (Wildman–Crippen LogP) is 4.32. The van der Waals surface area contributed by atoms with Crippen molar-refractivity contribution in [1.82, 2.24) is 4.72 Å². The number of amides is 1. The molecule has 0 aliphatic rings. The summed E-state index contributed by atoms with van der Waals surface area (Å²) in [5.41, 5.74) is 0.0779. The van der Waals surface area contributed by atoms with Gasteiger partial charge in [0.1, 0.15) is 0 Å². The lowest BCUT2D eigenvalue weighted by atomic mass is 10.1. The Morgan fingerprint density at radius 3 is 2.16 bits per heavy atom. The molecule has 2 rings (SSSR count). The van der Waals surface area contributed by atoms with E-state index in [1.807, 2.05) is 0 Å². The van der Waals surface area contributed by atoms with Gasteiger partial charge in [-0.1, -0.05) is 29.3 Å². The van der Waals surface area contributed by atoms with Crippen LogP contribution >= 0.6 is 23.2 Å². The normalized spacial score (nSPS) is 12.0. The van der Waals surface area contributed by atoms with Gasteiger partial charge in [0.15, 0.2) is 0 Å². The summed E-state index contributed by atoms with van der Waals surface area (Å²) in [5, 5.41) is 3.21. The van der Waals surface area contributed by atoms with Gasteiger partial charge in [-0.25, -0.2) is 13.1 Å². The van der Waals surface area contributed by atoms with E-state index < -0.39 is 21.5 Å². The number of hydrogen-bond donors (Lipinski definition) is 2. The first-order valence-corrected chi connectivity index (χ1v) is 9.63. The Balaban J connectivity index is 2.19. The van der Waals surface area contributed by atoms with Crippen LogP contribution in [0.4, 0.5) is 5.69 Å². The van der Waals surface area contributed by atoms with Gasteiger partial charge in [0.25, 0.3) is 5.91 Å². The molecule has 0 aliphatic heterocycles. The fourth-order valence-electron chi connectivity index (χ4n) is 2.04. The van der Waals surface area contributed by atoms with Gasteiger partial charge in [-0.3, -0.25) is 4.79 Å². The molecule has 5 nitrogen and oxygen atoms in total. The van der Waals surface area contributed by atoms with Crippen LogP contribution in [-0.2, 0) is 10.0 Å². The molecule has 0 unspecified atom stereocenters. The van der Waals surface area contributed by atoms with Crippen LogP contribution in [-0.4, -0.2) is 19.9 Å². The number of sulfonamides is 1. The maximum atomic E-state index is 12.3. The third kappa shape index (κ3) is 5.19. The van der Waals surface area contributed by atoms with Gasteiger partial charge in [0.2, 0.25) is 10.0 Å². The number of anilines is 1. The Hall–Kier alpha value is -1.60. The lowest BCUT2D eigenvalue weighted by molar-refractivity contribution is 0.102. The van der Waals surface area contributed by atoms with Crippen molar-refractivity contribution in [3.05, 3.63) is 58.1 Å². The number of benzene rings is 2. The van der Waals surface area contributed by atoms with Crippen LogP contribution in [0.3, 0.4) is 0 Å². The fraction of sp³-hybridized carbons (Fsp3) is 0.235. The van der Waals surface area contributed by atoms with Crippen LogP contribution in [0.2, 0.25) is 10.0 Å². The highest BCUT2D eigenvalue weighted by molar-refractivity contribution is 7.89. The van der Waals surface area contributed by atoms with Crippen molar-refractivity contribution in [2.75, 3.05) is 5.32 Å². The van der Waals surface area contributed by atoms with Crippen molar-refractivity contribution < 1.29 is 13.2 Å². The minimum Gasteiger partial charge on any atom is -0.321 e. The molecule has 0 radical (unpaired) electrons. The Morgan fingerprint density at radius 1 is 1.00 bits per heavy atom. The van der Waals surface area contributed by atoms with E-state index in [1.165, 1.54) is 24.3 Å². The topological polar surface area (TPSA) is 75.3 Å². The highest BCUT2D eigenvalue weighted by Crippen LogP contribution is 2.29. The maximum absolute atomic E-state index is 12.3. The van der Waals surface area contributed by atoms with E-state index >= 15 is 0 Å². The van der Waals surface area contributed by atoms with Gasteiger partial charge in [-0.15, -0.1) is 0 Å². The van der Waals surface area contributed by atoms with E-state index in [9.17, 15) is 13.2 Å². The molecule has 0 heterocycles. The molecular formula is C17H18Cl2N2O3S. The molecule has 0 spiro atoms. The van der Waals surface area contributed by atoms with Crippen molar-refractivity contribution >= 4 is 44.8 Å². The van der Waals surface area contributed by atoms with Crippen LogP contribution < -0.4 is 10.0 Å². The number of carbonyl (C=O) groups excluding carboxylic acids is 1. The summed E-state index contributed by atoms with van der Waals surface area (Å²) in [6.45, 7) is 5.25. The smallest absolute Gasteiger partial charge is 0.255 e. The number of nitrogens with one attached hydrogen (secondary N) is 2. The quantitative estimate of drug-likeness (QED) is 0.801. The van der Waals surface area contributed by atoms with Crippen molar-refractivity contribution in [2.24, 2.45) is 0 Å². The Bertz CT molecular complexity index is 889. The third-order valence-corrected chi connectivity index (χ3v) is 5.66. The van der Waals surface area contributed by atoms with Crippen molar-refractivity contribution in [3.63, 3.8) is 0 Å². The molecule has 0 fully saturated rings. The third-order valence-electron chi connectivity index (χ3n) is 3.07. The Kier molecular flexibility index (Phi) is 5.79. The van der Waals surface area contributed by atoms with Crippen LogP contribution in [0, 0.1) is 0 Å². The highest BCUT2D eigenvalue weighted by Gasteiger charge is 2.22. The van der Waals surface area contributed by atoms with E-state index in [-0.39, 0.29) is 9.92 Å². The molecule has 8 heteroatoms. The fourth-order valence-corrected chi connectivity index (χ4v) is 3.81. The zero-order chi connectivity index (χ0) is 18.8. The number of rotatable bonds is 4. The largest absolute Gasteiger partial charge is 0.321 e. The van der Waals surface area contributed by atoms with Crippen molar-refractivity contribution in [2.45, 2.75) is 31.2 Å². The van der Waals surface area contributed by atoms with E-state index in [1.54, 1.807) is 39.0 Å². The second-order valence-electron chi connectivity index (χ2n) is 6.44. The summed E-state index contributed by atoms with van der Waals surface area (Å²) in [4.78, 5) is 12.4. The van der Waals surface area contributed by atoms with Crippen molar-refractivity contribution in [3.8, 4) is 0 Å². The molecule has 0 bridgehead atoms. The Labute approximate surface area is 157 Å². The summed E-state index contributed by atoms with van der Waals surface area (Å²) in [6, 6.07) is 10.5. The average molecular weight is 401 g/mol. The van der Waals surface area contributed by atoms with Gasteiger partial charge in [0.05, 0.1) is 20.6 Å². The molecule has 134 valence electrons. The zero-order valence-corrected chi connectivity index (χ0v) is 16.3. The van der Waals surface area contributed by atoms with E-state index in [4.69, 9.17) is 23.2 Å². The lowest BCUT2D eigenvalue weighted by Gasteiger charge is -2.20. The lowest BCUT2D eigenvalue weighted by Crippen LogP contribution is -2.40. The summed E-state index contributed by atoms with van der Waals surface area (Å²) in [7, 11) is -3.65. The second kappa shape index (κ2) is 7.33. The van der Waals surface area contributed by atoms with Gasteiger partial charge in [-0.2, -0.15) is 0 Å². The van der Waals surface area contributed by atoms with Crippen LogP contribution in [0.15, 0.2) is 47.4 Å². The summed E-state index contributed by atoms with van der Waals surface area (Å²) < 4.78 is 27.1. The number of halogens is 2. The van der Waals surface area contributed by atoms with E-state index in [0.29, 0.717) is 16.3 Å². The van der Waals surface area contributed by atoms with Crippen LogP contribution in [0.1, 0.15) is 31.1 Å². The molecule has 0 aromatic heterocycles. The molecule has 0 aliphatic carbocycles. The zero-order valence-electron chi connectivity index (χ0n) is 13.9.